The van der Waals surface area contributed by atoms with Crippen LogP contribution in [0.4, 0.5) is 13.2 Å². The van der Waals surface area contributed by atoms with Gasteiger partial charge in [0.05, 0.1) is 17.2 Å². The Morgan fingerprint density at radius 1 is 0.944 bits per heavy atom. The molecular formula is C27H24F3NO4S. The third-order valence-corrected chi connectivity index (χ3v) is 6.78. The normalized spacial score (nSPS) is 12.1. The Balaban J connectivity index is 1.93. The van der Waals surface area contributed by atoms with Crippen molar-refractivity contribution in [1.29, 1.82) is 5.26 Å². The van der Waals surface area contributed by atoms with Gasteiger partial charge in [0, 0.05) is 6.42 Å². The number of rotatable bonds is 7. The van der Waals surface area contributed by atoms with E-state index in [1.807, 2.05) is 26.8 Å². The number of benzene rings is 3. The number of halogens is 3. The lowest BCUT2D eigenvalue weighted by atomic mass is 9.90. The molecule has 0 aromatic heterocycles. The summed E-state index contributed by atoms with van der Waals surface area (Å²) in [5.41, 5.74) is -0.0116. The number of alkyl halides is 3. The molecule has 0 atom stereocenters. The van der Waals surface area contributed by atoms with Crippen molar-refractivity contribution in [3.63, 3.8) is 0 Å². The van der Waals surface area contributed by atoms with Gasteiger partial charge in [-0.3, -0.25) is 4.79 Å². The first-order valence-corrected chi connectivity index (χ1v) is 12.6. The molecule has 0 bridgehead atoms. The highest BCUT2D eigenvalue weighted by Crippen LogP contribution is 2.34. The van der Waals surface area contributed by atoms with Gasteiger partial charge in [0.25, 0.3) is 0 Å². The Morgan fingerprint density at radius 3 is 2.19 bits per heavy atom. The fourth-order valence-corrected chi connectivity index (χ4v) is 4.96. The van der Waals surface area contributed by atoms with E-state index in [-0.39, 0.29) is 33.8 Å². The van der Waals surface area contributed by atoms with Crippen molar-refractivity contribution in [2.45, 2.75) is 38.3 Å². The Labute approximate surface area is 208 Å². The van der Waals surface area contributed by atoms with Crippen LogP contribution >= 0.6 is 0 Å². The van der Waals surface area contributed by atoms with E-state index >= 15 is 0 Å². The molecule has 5 nitrogen and oxygen atoms in total. The summed E-state index contributed by atoms with van der Waals surface area (Å²) in [5.74, 6) is -1.03. The molecule has 0 fully saturated rings. The molecule has 0 aliphatic heterocycles. The minimum absolute atomic E-state index is 0.0650. The minimum Gasteiger partial charge on any atom is -0.456 e. The van der Waals surface area contributed by atoms with Crippen LogP contribution in [0.15, 0.2) is 71.6 Å². The lowest BCUT2D eigenvalue weighted by Crippen LogP contribution is -2.21. The van der Waals surface area contributed by atoms with E-state index in [4.69, 9.17) is 4.74 Å². The molecule has 0 aliphatic rings. The van der Waals surface area contributed by atoms with Crippen LogP contribution in [0.3, 0.4) is 0 Å². The highest BCUT2D eigenvalue weighted by Gasteiger charge is 2.30. The standard InChI is InChI=1S/C27H24F3NO4S/c1-26(2,3)15-22(32)17-36(33,34)25-13-18(16-31)7-12-24(25)35-23-6-4-5-20(14-23)19-8-10-21(11-9-19)27(28,29)30/h4-14H,15,17H2,1-3H3. The lowest BCUT2D eigenvalue weighted by molar-refractivity contribution is -0.137. The average molecular weight is 516 g/mol. The van der Waals surface area contributed by atoms with Crippen molar-refractivity contribution < 1.29 is 31.1 Å². The lowest BCUT2D eigenvalue weighted by Gasteiger charge is -2.17. The number of carbonyl (C=O) groups is 1. The third-order valence-electron chi connectivity index (χ3n) is 5.09. The monoisotopic (exact) mass is 515 g/mol. The van der Waals surface area contributed by atoms with Crippen molar-refractivity contribution in [3.8, 4) is 28.7 Å². The van der Waals surface area contributed by atoms with Crippen molar-refractivity contribution in [3.05, 3.63) is 77.9 Å². The van der Waals surface area contributed by atoms with Crippen LogP contribution in [0.1, 0.15) is 38.3 Å². The number of sulfone groups is 1. The zero-order valence-electron chi connectivity index (χ0n) is 19.9. The topological polar surface area (TPSA) is 84.2 Å². The molecule has 0 radical (unpaired) electrons. The second-order valence-corrected chi connectivity index (χ2v) is 11.5. The van der Waals surface area contributed by atoms with E-state index in [2.05, 4.69) is 0 Å². The molecule has 0 saturated heterocycles. The SMILES string of the molecule is CC(C)(C)CC(=O)CS(=O)(=O)c1cc(C#N)ccc1Oc1cccc(-c2ccc(C(F)(F)F)cc2)c1. The fourth-order valence-electron chi connectivity index (χ4n) is 3.55. The molecule has 3 aromatic rings. The van der Waals surface area contributed by atoms with Gasteiger partial charge in [-0.25, -0.2) is 8.42 Å². The summed E-state index contributed by atoms with van der Waals surface area (Å²) < 4.78 is 70.7. The molecule has 36 heavy (non-hydrogen) atoms. The second-order valence-electron chi connectivity index (χ2n) is 9.51. The number of hydrogen-bond acceptors (Lipinski definition) is 5. The summed E-state index contributed by atoms with van der Waals surface area (Å²) in [6, 6.07) is 16.8. The van der Waals surface area contributed by atoms with Crippen LogP contribution in [0.2, 0.25) is 0 Å². The Morgan fingerprint density at radius 2 is 1.61 bits per heavy atom. The molecule has 0 spiro atoms. The highest BCUT2D eigenvalue weighted by atomic mass is 32.2. The van der Waals surface area contributed by atoms with Gasteiger partial charge in [0.2, 0.25) is 0 Å². The molecular weight excluding hydrogens is 491 g/mol. The van der Waals surface area contributed by atoms with Crippen LogP contribution in [0, 0.1) is 16.7 Å². The minimum atomic E-state index is -4.45. The molecule has 0 saturated carbocycles. The van der Waals surface area contributed by atoms with E-state index in [1.54, 1.807) is 24.3 Å². The van der Waals surface area contributed by atoms with Crippen LogP contribution in [0.5, 0.6) is 11.5 Å². The number of nitriles is 1. The summed E-state index contributed by atoms with van der Waals surface area (Å²) in [7, 11) is -4.13. The van der Waals surface area contributed by atoms with Crippen LogP contribution in [-0.4, -0.2) is 20.0 Å². The second kappa shape index (κ2) is 10.2. The van der Waals surface area contributed by atoms with Crippen LogP contribution in [0.25, 0.3) is 11.1 Å². The first kappa shape index (κ1) is 27.0. The first-order valence-electron chi connectivity index (χ1n) is 10.9. The predicted octanol–water partition coefficient (Wildman–Crippen LogP) is 6.82. The van der Waals surface area contributed by atoms with Gasteiger partial charge in [0.15, 0.2) is 9.84 Å². The van der Waals surface area contributed by atoms with E-state index in [0.717, 1.165) is 18.2 Å². The predicted molar refractivity (Wildman–Crippen MR) is 129 cm³/mol. The van der Waals surface area contributed by atoms with Gasteiger partial charge in [-0.05, 0) is 59.0 Å². The zero-order chi connectivity index (χ0) is 26.7. The van der Waals surface area contributed by atoms with Gasteiger partial charge in [-0.2, -0.15) is 18.4 Å². The summed E-state index contributed by atoms with van der Waals surface area (Å²) in [4.78, 5) is 12.1. The van der Waals surface area contributed by atoms with Crippen molar-refractivity contribution >= 4 is 15.6 Å². The molecule has 188 valence electrons. The van der Waals surface area contributed by atoms with Gasteiger partial charge in [0.1, 0.15) is 27.9 Å². The molecule has 0 heterocycles. The summed E-state index contributed by atoms with van der Waals surface area (Å²) in [5, 5.41) is 9.25. The highest BCUT2D eigenvalue weighted by molar-refractivity contribution is 7.92. The number of carbonyl (C=O) groups excluding carboxylic acids is 1. The van der Waals surface area contributed by atoms with E-state index < -0.39 is 33.1 Å². The van der Waals surface area contributed by atoms with Crippen molar-refractivity contribution in [2.24, 2.45) is 5.41 Å². The molecule has 0 amide bonds. The molecule has 9 heteroatoms. The molecule has 3 aromatic carbocycles. The maximum atomic E-state index is 13.1. The van der Waals surface area contributed by atoms with Crippen molar-refractivity contribution in [2.75, 3.05) is 5.75 Å². The summed E-state index contributed by atoms with van der Waals surface area (Å²) >= 11 is 0. The number of ketones is 1. The summed E-state index contributed by atoms with van der Waals surface area (Å²) in [6.07, 6.45) is -4.38. The van der Waals surface area contributed by atoms with Crippen LogP contribution < -0.4 is 4.74 Å². The average Bonchev–Trinajstić information content (AvgIpc) is 2.77. The largest absolute Gasteiger partial charge is 0.456 e. The number of Topliss-reactive ketones (excluding diaryl/α,β-unsaturated/α-hetero) is 1. The molecule has 3 rings (SSSR count). The number of nitrogens with zero attached hydrogens (tertiary/aromatic N) is 1. The van der Waals surface area contributed by atoms with E-state index in [0.29, 0.717) is 11.1 Å². The maximum Gasteiger partial charge on any atom is 0.416 e. The molecule has 0 aliphatic carbocycles. The van der Waals surface area contributed by atoms with E-state index in [9.17, 15) is 31.6 Å². The Bertz CT molecular complexity index is 1420. The number of ether oxygens (including phenoxy) is 1. The van der Waals surface area contributed by atoms with Crippen molar-refractivity contribution in [1.82, 2.24) is 0 Å². The van der Waals surface area contributed by atoms with Gasteiger partial charge in [-0.1, -0.05) is 45.0 Å². The van der Waals surface area contributed by atoms with Gasteiger partial charge >= 0.3 is 6.18 Å². The van der Waals surface area contributed by atoms with Crippen LogP contribution in [-0.2, 0) is 20.8 Å². The molecule has 0 unspecified atom stereocenters. The quantitative estimate of drug-likeness (QED) is 0.345. The third kappa shape index (κ3) is 6.95. The Kier molecular flexibility index (Phi) is 7.60. The fraction of sp³-hybridized carbons (Fsp3) is 0.259. The smallest absolute Gasteiger partial charge is 0.416 e. The van der Waals surface area contributed by atoms with Gasteiger partial charge in [-0.15, -0.1) is 0 Å². The van der Waals surface area contributed by atoms with Gasteiger partial charge < -0.3 is 4.74 Å². The summed E-state index contributed by atoms with van der Waals surface area (Å²) in [6.45, 7) is 5.48. The Hall–Kier alpha value is -3.64. The molecule has 0 N–H and O–H groups in total. The van der Waals surface area contributed by atoms with E-state index in [1.165, 1.54) is 24.3 Å². The number of hydrogen-bond donors (Lipinski definition) is 0. The maximum absolute atomic E-state index is 13.1. The first-order chi connectivity index (χ1) is 16.7. The zero-order valence-corrected chi connectivity index (χ0v) is 20.7.